The number of rotatable bonds is 7. The first-order chi connectivity index (χ1) is 13.7. The summed E-state index contributed by atoms with van der Waals surface area (Å²) in [6.07, 6.45) is 0.845. The SMILES string of the molecule is CCCn1c(=O)c2ccccc2n2c(SCCSc3ccc(F)cc3)nnc12. The third-order valence-electron chi connectivity index (χ3n) is 4.32. The Morgan fingerprint density at radius 2 is 1.75 bits per heavy atom. The fraction of sp³-hybridized carbons (Fsp3) is 0.250. The van der Waals surface area contributed by atoms with Crippen LogP contribution in [0.3, 0.4) is 0 Å². The number of aryl methyl sites for hydroxylation is 1. The normalized spacial score (nSPS) is 11.5. The molecule has 2 aromatic heterocycles. The second kappa shape index (κ2) is 8.36. The Morgan fingerprint density at radius 1 is 1.00 bits per heavy atom. The van der Waals surface area contributed by atoms with E-state index < -0.39 is 0 Å². The van der Waals surface area contributed by atoms with Crippen LogP contribution in [0.4, 0.5) is 4.39 Å². The van der Waals surface area contributed by atoms with Crippen molar-refractivity contribution in [2.75, 3.05) is 11.5 Å². The van der Waals surface area contributed by atoms with Crippen LogP contribution in [0.5, 0.6) is 0 Å². The molecule has 0 bridgehead atoms. The van der Waals surface area contributed by atoms with Gasteiger partial charge >= 0.3 is 0 Å². The Morgan fingerprint density at radius 3 is 2.54 bits per heavy atom. The molecular weight excluding hydrogens is 395 g/mol. The van der Waals surface area contributed by atoms with E-state index in [4.69, 9.17) is 0 Å². The van der Waals surface area contributed by atoms with Crippen molar-refractivity contribution in [3.8, 4) is 0 Å². The van der Waals surface area contributed by atoms with E-state index in [1.807, 2.05) is 35.6 Å². The molecule has 0 atom stereocenters. The molecule has 28 heavy (non-hydrogen) atoms. The summed E-state index contributed by atoms with van der Waals surface area (Å²) in [5.41, 5.74) is 0.800. The minimum atomic E-state index is -0.223. The van der Waals surface area contributed by atoms with Gasteiger partial charge in [0.15, 0.2) is 5.16 Å². The van der Waals surface area contributed by atoms with Crippen LogP contribution in [0.25, 0.3) is 16.7 Å². The Kier molecular flexibility index (Phi) is 5.68. The molecule has 4 rings (SSSR count). The maximum absolute atomic E-state index is 13.0. The molecule has 2 aromatic carbocycles. The molecule has 0 aliphatic rings. The summed E-state index contributed by atoms with van der Waals surface area (Å²) in [4.78, 5) is 13.9. The zero-order chi connectivity index (χ0) is 19.5. The number of aromatic nitrogens is 4. The summed E-state index contributed by atoms with van der Waals surface area (Å²) in [6.45, 7) is 2.65. The van der Waals surface area contributed by atoms with Crippen molar-refractivity contribution in [2.45, 2.75) is 29.9 Å². The van der Waals surface area contributed by atoms with Crippen molar-refractivity contribution in [1.29, 1.82) is 0 Å². The molecule has 4 aromatic rings. The second-order valence-electron chi connectivity index (χ2n) is 6.24. The van der Waals surface area contributed by atoms with Gasteiger partial charge in [0.05, 0.1) is 10.9 Å². The lowest BCUT2D eigenvalue weighted by Gasteiger charge is -2.10. The van der Waals surface area contributed by atoms with Crippen LogP contribution in [0.1, 0.15) is 13.3 Å². The molecular formula is C20H19FN4OS2. The average Bonchev–Trinajstić information content (AvgIpc) is 3.14. The Hall–Kier alpha value is -2.32. The van der Waals surface area contributed by atoms with Gasteiger partial charge in [-0.3, -0.25) is 13.8 Å². The molecule has 2 heterocycles. The van der Waals surface area contributed by atoms with E-state index in [1.54, 1.807) is 40.2 Å². The fourth-order valence-corrected chi connectivity index (χ4v) is 4.90. The van der Waals surface area contributed by atoms with Crippen molar-refractivity contribution < 1.29 is 4.39 Å². The molecule has 5 nitrogen and oxygen atoms in total. The molecule has 0 N–H and O–H groups in total. The van der Waals surface area contributed by atoms with E-state index in [2.05, 4.69) is 10.2 Å². The largest absolute Gasteiger partial charge is 0.276 e. The molecule has 0 fully saturated rings. The van der Waals surface area contributed by atoms with Gasteiger partial charge in [-0.1, -0.05) is 30.8 Å². The highest BCUT2D eigenvalue weighted by molar-refractivity contribution is 8.02. The Labute approximate surface area is 170 Å². The topological polar surface area (TPSA) is 52.2 Å². The molecule has 0 unspecified atom stereocenters. The van der Waals surface area contributed by atoms with Crippen LogP contribution in [-0.4, -0.2) is 30.7 Å². The predicted octanol–water partition coefficient (Wildman–Crippen LogP) is 4.48. The monoisotopic (exact) mass is 414 g/mol. The van der Waals surface area contributed by atoms with E-state index >= 15 is 0 Å². The van der Waals surface area contributed by atoms with E-state index in [0.29, 0.717) is 17.7 Å². The minimum absolute atomic E-state index is 0.0271. The maximum atomic E-state index is 13.0. The standard InChI is InChI=1S/C20H19FN4OS2/c1-2-11-24-18(26)16-5-3-4-6-17(16)25-19(24)22-23-20(25)28-13-12-27-15-9-7-14(21)8-10-15/h3-10H,2,11-13H2,1H3. The number of thioether (sulfide) groups is 2. The third kappa shape index (κ3) is 3.66. The highest BCUT2D eigenvalue weighted by Crippen LogP contribution is 2.24. The summed E-state index contributed by atoms with van der Waals surface area (Å²) in [6, 6.07) is 14.1. The first-order valence-corrected chi connectivity index (χ1v) is 11.0. The molecule has 144 valence electrons. The molecule has 0 spiro atoms. The van der Waals surface area contributed by atoms with Crippen molar-refractivity contribution >= 4 is 40.2 Å². The van der Waals surface area contributed by atoms with Crippen molar-refractivity contribution in [2.24, 2.45) is 0 Å². The zero-order valence-corrected chi connectivity index (χ0v) is 17.0. The van der Waals surface area contributed by atoms with E-state index in [9.17, 15) is 9.18 Å². The molecule has 0 saturated carbocycles. The molecule has 0 saturated heterocycles. The van der Waals surface area contributed by atoms with Gasteiger partial charge in [-0.2, -0.15) is 0 Å². The van der Waals surface area contributed by atoms with Crippen LogP contribution in [0.2, 0.25) is 0 Å². The second-order valence-corrected chi connectivity index (χ2v) is 8.47. The van der Waals surface area contributed by atoms with Gasteiger partial charge in [0, 0.05) is 22.9 Å². The van der Waals surface area contributed by atoms with Crippen molar-refractivity contribution in [1.82, 2.24) is 19.2 Å². The predicted molar refractivity (Wildman–Crippen MR) is 113 cm³/mol. The van der Waals surface area contributed by atoms with Crippen molar-refractivity contribution in [3.05, 3.63) is 64.7 Å². The van der Waals surface area contributed by atoms with Gasteiger partial charge in [0.2, 0.25) is 5.78 Å². The first kappa shape index (κ1) is 19.0. The highest BCUT2D eigenvalue weighted by atomic mass is 32.2. The van der Waals surface area contributed by atoms with Gasteiger partial charge in [0.25, 0.3) is 5.56 Å². The quantitative estimate of drug-likeness (QED) is 0.330. The molecule has 8 heteroatoms. The number of fused-ring (bicyclic) bond motifs is 3. The summed E-state index contributed by atoms with van der Waals surface area (Å²) >= 11 is 3.28. The van der Waals surface area contributed by atoms with E-state index in [1.165, 1.54) is 12.1 Å². The van der Waals surface area contributed by atoms with Crippen molar-refractivity contribution in [3.63, 3.8) is 0 Å². The van der Waals surface area contributed by atoms with Crippen LogP contribution < -0.4 is 5.56 Å². The van der Waals surface area contributed by atoms with E-state index in [0.717, 1.165) is 33.5 Å². The average molecular weight is 415 g/mol. The number of para-hydroxylation sites is 1. The summed E-state index contributed by atoms with van der Waals surface area (Å²) in [7, 11) is 0. The molecule has 0 radical (unpaired) electrons. The smallest absolute Gasteiger partial charge is 0.262 e. The van der Waals surface area contributed by atoms with Gasteiger partial charge < -0.3 is 0 Å². The maximum Gasteiger partial charge on any atom is 0.262 e. The summed E-state index contributed by atoms with van der Waals surface area (Å²) in [5, 5.41) is 10.1. The van der Waals surface area contributed by atoms with Crippen LogP contribution in [0.15, 0.2) is 63.4 Å². The van der Waals surface area contributed by atoms with Crippen LogP contribution in [-0.2, 0) is 6.54 Å². The Balaban J connectivity index is 1.61. The molecule has 0 amide bonds. The number of benzene rings is 2. The van der Waals surface area contributed by atoms with Gasteiger partial charge in [0.1, 0.15) is 5.82 Å². The lowest BCUT2D eigenvalue weighted by atomic mass is 10.2. The van der Waals surface area contributed by atoms with Gasteiger partial charge in [-0.25, -0.2) is 4.39 Å². The summed E-state index contributed by atoms with van der Waals surface area (Å²) < 4.78 is 16.7. The number of halogens is 1. The van der Waals surface area contributed by atoms with Gasteiger partial charge in [-0.05, 0) is 42.8 Å². The lowest BCUT2D eigenvalue weighted by molar-refractivity contribution is 0.626. The van der Waals surface area contributed by atoms with Crippen LogP contribution >= 0.6 is 23.5 Å². The molecule has 0 aliphatic carbocycles. The number of nitrogens with zero attached hydrogens (tertiary/aromatic N) is 4. The Bertz CT molecular complexity index is 1170. The third-order valence-corrected chi connectivity index (χ3v) is 6.53. The van der Waals surface area contributed by atoms with Crippen LogP contribution in [0, 0.1) is 5.82 Å². The number of hydrogen-bond acceptors (Lipinski definition) is 5. The summed E-state index contributed by atoms with van der Waals surface area (Å²) in [5.74, 6) is 2.04. The minimum Gasteiger partial charge on any atom is -0.276 e. The van der Waals surface area contributed by atoms with E-state index in [-0.39, 0.29) is 11.4 Å². The number of hydrogen-bond donors (Lipinski definition) is 0. The molecule has 0 aliphatic heterocycles. The first-order valence-electron chi connectivity index (χ1n) is 9.07. The van der Waals surface area contributed by atoms with Gasteiger partial charge in [-0.15, -0.1) is 22.0 Å². The zero-order valence-electron chi connectivity index (χ0n) is 15.3. The fourth-order valence-electron chi connectivity index (χ4n) is 3.08. The lowest BCUT2D eigenvalue weighted by Crippen LogP contribution is -2.23. The highest BCUT2D eigenvalue weighted by Gasteiger charge is 2.16.